The van der Waals surface area contributed by atoms with Crippen molar-refractivity contribution in [2.75, 3.05) is 10.9 Å². The van der Waals surface area contributed by atoms with Gasteiger partial charge in [0.15, 0.2) is 0 Å². The number of hydrogen-bond acceptors (Lipinski definition) is 12. The van der Waals surface area contributed by atoms with Gasteiger partial charge in [0, 0.05) is 17.7 Å². The summed E-state index contributed by atoms with van der Waals surface area (Å²) < 4.78 is 0. The molecular formula is C26H24N8O8. The van der Waals surface area contributed by atoms with Gasteiger partial charge in [-0.15, -0.1) is 0 Å². The van der Waals surface area contributed by atoms with Gasteiger partial charge in [-0.3, -0.25) is 51.3 Å². The summed E-state index contributed by atoms with van der Waals surface area (Å²) in [6, 6.07) is 11.9. The summed E-state index contributed by atoms with van der Waals surface area (Å²) in [7, 11) is 0. The topological polar surface area (TPSA) is 221 Å². The number of nitro benzene ring substituents is 4. The van der Waals surface area contributed by atoms with Gasteiger partial charge in [-0.1, -0.05) is 19.1 Å². The molecule has 0 unspecified atom stereocenters. The molecule has 2 N–H and O–H groups in total. The number of hydrogen-bond donors (Lipinski definition) is 2. The van der Waals surface area contributed by atoms with Crippen molar-refractivity contribution in [3.63, 3.8) is 0 Å². The fraction of sp³-hybridized carbons (Fsp3) is 0.231. The first kappa shape index (κ1) is 29.2. The van der Waals surface area contributed by atoms with Crippen LogP contribution in [0.5, 0.6) is 0 Å². The Morgan fingerprint density at radius 2 is 1.21 bits per heavy atom. The number of nitrogens with one attached hydrogen (secondary N) is 2. The van der Waals surface area contributed by atoms with E-state index in [1.807, 2.05) is 18.2 Å². The lowest BCUT2D eigenvalue weighted by atomic mass is 9.89. The third-order valence-electron chi connectivity index (χ3n) is 6.61. The third-order valence-corrected chi connectivity index (χ3v) is 6.61. The third kappa shape index (κ3) is 6.49. The molecule has 0 saturated heterocycles. The number of non-ortho nitro benzene ring substituents is 2. The molecule has 42 heavy (non-hydrogen) atoms. The summed E-state index contributed by atoms with van der Waals surface area (Å²) in [5.74, 6) is 0. The molecule has 0 radical (unpaired) electrons. The van der Waals surface area contributed by atoms with Crippen LogP contribution in [0, 0.1) is 40.5 Å². The van der Waals surface area contributed by atoms with E-state index in [4.69, 9.17) is 0 Å². The highest BCUT2D eigenvalue weighted by Gasteiger charge is 2.22. The van der Waals surface area contributed by atoms with Crippen molar-refractivity contribution in [3.8, 4) is 0 Å². The van der Waals surface area contributed by atoms with Crippen LogP contribution in [0.1, 0.15) is 42.9 Å². The van der Waals surface area contributed by atoms with Crippen molar-refractivity contribution in [2.45, 2.75) is 39.0 Å². The van der Waals surface area contributed by atoms with E-state index in [9.17, 15) is 40.5 Å². The van der Waals surface area contributed by atoms with Crippen LogP contribution >= 0.6 is 0 Å². The van der Waals surface area contributed by atoms with Gasteiger partial charge in [0.1, 0.15) is 17.1 Å². The summed E-state index contributed by atoms with van der Waals surface area (Å²) in [6.45, 7) is 1.76. The Labute approximate surface area is 237 Å². The minimum absolute atomic E-state index is 0.0969. The molecule has 1 aliphatic carbocycles. The summed E-state index contributed by atoms with van der Waals surface area (Å²) in [5, 5.41) is 54.2. The van der Waals surface area contributed by atoms with Crippen LogP contribution < -0.4 is 10.9 Å². The van der Waals surface area contributed by atoms with Crippen molar-refractivity contribution >= 4 is 45.5 Å². The molecule has 3 aromatic carbocycles. The van der Waals surface area contributed by atoms with Crippen molar-refractivity contribution in [3.05, 3.63) is 112 Å². The molecule has 16 heteroatoms. The van der Waals surface area contributed by atoms with Gasteiger partial charge in [-0.05, 0) is 61.4 Å². The van der Waals surface area contributed by atoms with Crippen molar-refractivity contribution < 1.29 is 19.7 Å². The monoisotopic (exact) mass is 576 g/mol. The van der Waals surface area contributed by atoms with Crippen LogP contribution in [0.2, 0.25) is 0 Å². The Kier molecular flexibility index (Phi) is 8.75. The van der Waals surface area contributed by atoms with Gasteiger partial charge in [-0.2, -0.15) is 10.2 Å². The molecule has 0 aliphatic heterocycles. The molecule has 4 rings (SSSR count). The Hall–Kier alpha value is -5.80. The zero-order chi connectivity index (χ0) is 30.4. The largest absolute Gasteiger partial charge is 0.301 e. The average Bonchev–Trinajstić information content (AvgIpc) is 2.98. The zero-order valence-corrected chi connectivity index (χ0v) is 22.2. The molecule has 1 aliphatic rings. The second-order valence-electron chi connectivity index (χ2n) is 9.22. The first-order chi connectivity index (χ1) is 20.1. The SMILES string of the molecule is CCC(=N/Nc1ccc([N+](=O)[O-])cc1[N+](=O)[O-])/C(=N/Nc1ccc([N+](=O)[O-])cc1[N+](=O)[O-])c1ccc2c(c1)CCCC2. The molecule has 3 aromatic rings. The fourth-order valence-electron chi connectivity index (χ4n) is 4.48. The second kappa shape index (κ2) is 12.6. The van der Waals surface area contributed by atoms with Crippen LogP contribution in [-0.4, -0.2) is 31.1 Å². The fourth-order valence-corrected chi connectivity index (χ4v) is 4.48. The lowest BCUT2D eigenvalue weighted by Crippen LogP contribution is -2.19. The van der Waals surface area contributed by atoms with E-state index in [1.165, 1.54) is 17.7 Å². The van der Waals surface area contributed by atoms with E-state index in [0.29, 0.717) is 11.3 Å². The zero-order valence-electron chi connectivity index (χ0n) is 22.2. The number of nitro groups is 4. The lowest BCUT2D eigenvalue weighted by molar-refractivity contribution is -0.393. The summed E-state index contributed by atoms with van der Waals surface area (Å²) in [6.07, 6.45) is 4.11. The van der Waals surface area contributed by atoms with Gasteiger partial charge in [-0.25, -0.2) is 0 Å². The van der Waals surface area contributed by atoms with E-state index in [1.54, 1.807) is 6.92 Å². The summed E-state index contributed by atoms with van der Waals surface area (Å²) in [4.78, 5) is 42.4. The highest BCUT2D eigenvalue weighted by Crippen LogP contribution is 2.31. The molecule has 0 amide bonds. The molecular weight excluding hydrogens is 552 g/mol. The number of benzene rings is 3. The lowest BCUT2D eigenvalue weighted by Gasteiger charge is -2.18. The van der Waals surface area contributed by atoms with Gasteiger partial charge < -0.3 is 0 Å². The number of aryl methyl sites for hydroxylation is 2. The molecule has 0 aromatic heterocycles. The van der Waals surface area contributed by atoms with Crippen LogP contribution in [0.4, 0.5) is 34.1 Å². The van der Waals surface area contributed by atoms with E-state index >= 15 is 0 Å². The first-order valence-corrected chi connectivity index (χ1v) is 12.7. The number of hydrazone groups is 2. The minimum Gasteiger partial charge on any atom is -0.271 e. The minimum atomic E-state index is -0.774. The van der Waals surface area contributed by atoms with Crippen LogP contribution in [0.25, 0.3) is 0 Å². The molecule has 0 atom stereocenters. The Morgan fingerprint density at radius 3 is 1.71 bits per heavy atom. The maximum atomic E-state index is 11.6. The molecule has 0 saturated carbocycles. The molecule has 0 fully saturated rings. The van der Waals surface area contributed by atoms with Crippen molar-refractivity contribution in [1.29, 1.82) is 0 Å². The number of nitrogens with zero attached hydrogens (tertiary/aromatic N) is 6. The first-order valence-electron chi connectivity index (χ1n) is 12.7. The molecule has 0 spiro atoms. The van der Waals surface area contributed by atoms with Crippen LogP contribution in [-0.2, 0) is 12.8 Å². The number of fused-ring (bicyclic) bond motifs is 1. The normalized spacial score (nSPS) is 13.2. The highest BCUT2D eigenvalue weighted by atomic mass is 16.6. The maximum Gasteiger partial charge on any atom is 0.301 e. The number of rotatable bonds is 11. The van der Waals surface area contributed by atoms with Crippen molar-refractivity contribution in [2.24, 2.45) is 10.2 Å². The van der Waals surface area contributed by atoms with Crippen molar-refractivity contribution in [1.82, 2.24) is 0 Å². The summed E-state index contributed by atoms with van der Waals surface area (Å²) >= 11 is 0. The van der Waals surface area contributed by atoms with E-state index in [-0.39, 0.29) is 23.5 Å². The smallest absolute Gasteiger partial charge is 0.271 e. The molecule has 16 nitrogen and oxygen atoms in total. The van der Waals surface area contributed by atoms with Gasteiger partial charge >= 0.3 is 11.4 Å². The molecule has 0 heterocycles. The van der Waals surface area contributed by atoms with Gasteiger partial charge in [0.05, 0.1) is 37.5 Å². The van der Waals surface area contributed by atoms with Gasteiger partial charge in [0.25, 0.3) is 11.4 Å². The van der Waals surface area contributed by atoms with E-state index in [0.717, 1.165) is 55.5 Å². The quantitative estimate of drug-likeness (QED) is 0.156. The Balaban J connectivity index is 1.78. The maximum absolute atomic E-state index is 11.6. The van der Waals surface area contributed by atoms with Gasteiger partial charge in [0.2, 0.25) is 0 Å². The molecule has 216 valence electrons. The van der Waals surface area contributed by atoms with Crippen LogP contribution in [0.15, 0.2) is 64.8 Å². The predicted molar refractivity (Wildman–Crippen MR) is 154 cm³/mol. The second-order valence-corrected chi connectivity index (χ2v) is 9.22. The van der Waals surface area contributed by atoms with Crippen LogP contribution in [0.3, 0.4) is 0 Å². The van der Waals surface area contributed by atoms with E-state index in [2.05, 4.69) is 21.1 Å². The van der Waals surface area contributed by atoms with E-state index < -0.39 is 42.4 Å². The Morgan fingerprint density at radius 1 is 0.690 bits per heavy atom. The molecule has 0 bridgehead atoms. The predicted octanol–water partition coefficient (Wildman–Crippen LogP) is 5.89. The summed E-state index contributed by atoms with van der Waals surface area (Å²) in [5.41, 5.74) is 6.48. The number of anilines is 2. The highest BCUT2D eigenvalue weighted by molar-refractivity contribution is 6.48. The average molecular weight is 577 g/mol. The Bertz CT molecular complexity index is 1650. The standard InChI is InChI=1S/C26H24N8O8/c1-2-21(27-28-22-11-9-19(31(35)36)14-24(22)33(39)40)26(18-8-7-16-5-3-4-6-17(16)13-18)30-29-23-12-10-20(32(37)38)15-25(23)34(41)42/h7-15,28-29H,2-6H2,1H3/b27-21-,30-26+.